The fourth-order valence-corrected chi connectivity index (χ4v) is 1.77. The average Bonchev–Trinajstić information content (AvgIpc) is 2.85. The van der Waals surface area contributed by atoms with Gasteiger partial charge in [-0.1, -0.05) is 0 Å². The van der Waals surface area contributed by atoms with Crippen LogP contribution >= 0.6 is 12.2 Å². The van der Waals surface area contributed by atoms with Gasteiger partial charge in [0.15, 0.2) is 16.6 Å². The minimum Gasteiger partial charge on any atom is -0.454 e. The SMILES string of the molecule is CCNC(=S)N/N=C/c1cc2c(cc1[N+](=O)[O-])OCO2. The van der Waals surface area contributed by atoms with Crippen molar-refractivity contribution < 1.29 is 14.4 Å². The van der Waals surface area contributed by atoms with Gasteiger partial charge in [0.2, 0.25) is 6.79 Å². The van der Waals surface area contributed by atoms with E-state index in [9.17, 15) is 10.1 Å². The third kappa shape index (κ3) is 3.12. The van der Waals surface area contributed by atoms with Gasteiger partial charge in [0.25, 0.3) is 5.69 Å². The summed E-state index contributed by atoms with van der Waals surface area (Å²) in [5, 5.41) is 18.0. The number of nitrogens with zero attached hydrogens (tertiary/aromatic N) is 2. The molecular weight excluding hydrogens is 284 g/mol. The van der Waals surface area contributed by atoms with Gasteiger partial charge in [-0.15, -0.1) is 0 Å². The lowest BCUT2D eigenvalue weighted by atomic mass is 10.1. The summed E-state index contributed by atoms with van der Waals surface area (Å²) < 4.78 is 10.3. The molecule has 0 aromatic heterocycles. The first-order valence-electron chi connectivity index (χ1n) is 5.76. The van der Waals surface area contributed by atoms with Gasteiger partial charge in [0, 0.05) is 6.54 Å². The molecule has 20 heavy (non-hydrogen) atoms. The molecule has 2 N–H and O–H groups in total. The maximum Gasteiger partial charge on any atom is 0.282 e. The van der Waals surface area contributed by atoms with Gasteiger partial charge in [-0.25, -0.2) is 0 Å². The summed E-state index contributed by atoms with van der Waals surface area (Å²) >= 11 is 4.92. The molecule has 0 atom stereocenters. The van der Waals surface area contributed by atoms with Crippen molar-refractivity contribution in [1.29, 1.82) is 0 Å². The third-order valence-corrected chi connectivity index (χ3v) is 2.66. The second-order valence-electron chi connectivity index (χ2n) is 3.75. The molecule has 0 bridgehead atoms. The van der Waals surface area contributed by atoms with Crippen LogP contribution in [0.2, 0.25) is 0 Å². The first-order valence-corrected chi connectivity index (χ1v) is 6.17. The van der Waals surface area contributed by atoms with Gasteiger partial charge in [-0.05, 0) is 25.2 Å². The highest BCUT2D eigenvalue weighted by atomic mass is 32.1. The van der Waals surface area contributed by atoms with Crippen LogP contribution in [0.25, 0.3) is 0 Å². The number of fused-ring (bicyclic) bond motifs is 1. The topological polar surface area (TPSA) is 98.0 Å². The van der Waals surface area contributed by atoms with Crippen LogP contribution in [-0.4, -0.2) is 29.6 Å². The second kappa shape index (κ2) is 6.15. The largest absolute Gasteiger partial charge is 0.454 e. The van der Waals surface area contributed by atoms with E-state index < -0.39 is 4.92 Å². The van der Waals surface area contributed by atoms with Crippen molar-refractivity contribution in [1.82, 2.24) is 10.7 Å². The molecule has 0 saturated heterocycles. The first kappa shape index (κ1) is 14.0. The monoisotopic (exact) mass is 296 g/mol. The van der Waals surface area contributed by atoms with Gasteiger partial charge in [0.05, 0.1) is 22.8 Å². The van der Waals surface area contributed by atoms with E-state index in [-0.39, 0.29) is 12.5 Å². The molecule has 1 aliphatic rings. The number of nitro benzene ring substituents is 1. The van der Waals surface area contributed by atoms with Crippen molar-refractivity contribution in [2.24, 2.45) is 5.10 Å². The molecule has 1 heterocycles. The molecule has 0 aliphatic carbocycles. The summed E-state index contributed by atoms with van der Waals surface area (Å²) in [5.41, 5.74) is 2.74. The molecule has 8 nitrogen and oxygen atoms in total. The molecule has 0 fully saturated rings. The fourth-order valence-electron chi connectivity index (χ4n) is 1.57. The van der Waals surface area contributed by atoms with Gasteiger partial charge >= 0.3 is 0 Å². The van der Waals surface area contributed by atoms with Gasteiger partial charge in [-0.2, -0.15) is 5.10 Å². The van der Waals surface area contributed by atoms with E-state index in [1.807, 2.05) is 6.92 Å². The van der Waals surface area contributed by atoms with Crippen LogP contribution in [0.4, 0.5) is 5.69 Å². The zero-order chi connectivity index (χ0) is 14.5. The number of ether oxygens (including phenoxy) is 2. The van der Waals surface area contributed by atoms with E-state index in [2.05, 4.69) is 15.8 Å². The quantitative estimate of drug-likeness (QED) is 0.372. The molecule has 1 aromatic rings. The van der Waals surface area contributed by atoms with Gasteiger partial charge < -0.3 is 14.8 Å². The molecule has 0 unspecified atom stereocenters. The lowest BCUT2D eigenvalue weighted by Gasteiger charge is -2.03. The minimum absolute atomic E-state index is 0.0514. The Balaban J connectivity index is 2.20. The van der Waals surface area contributed by atoms with Crippen molar-refractivity contribution >= 4 is 29.2 Å². The normalized spacial score (nSPS) is 12.4. The molecule has 0 radical (unpaired) electrons. The summed E-state index contributed by atoms with van der Waals surface area (Å²) in [5.74, 6) is 0.802. The van der Waals surface area contributed by atoms with Crippen molar-refractivity contribution in [2.75, 3.05) is 13.3 Å². The van der Waals surface area contributed by atoms with Crippen molar-refractivity contribution in [3.8, 4) is 11.5 Å². The highest BCUT2D eigenvalue weighted by molar-refractivity contribution is 7.80. The Morgan fingerprint density at radius 3 is 2.90 bits per heavy atom. The van der Waals surface area contributed by atoms with E-state index in [4.69, 9.17) is 21.7 Å². The number of hydrogen-bond donors (Lipinski definition) is 2. The van der Waals surface area contributed by atoms with E-state index in [0.717, 1.165) is 0 Å². The molecule has 0 saturated carbocycles. The lowest BCUT2D eigenvalue weighted by Crippen LogP contribution is -2.31. The molecule has 2 rings (SSSR count). The Morgan fingerprint density at radius 1 is 1.55 bits per heavy atom. The molecule has 1 aliphatic heterocycles. The van der Waals surface area contributed by atoms with E-state index in [1.165, 1.54) is 18.3 Å². The minimum atomic E-state index is -0.508. The predicted molar refractivity (Wildman–Crippen MR) is 76.2 cm³/mol. The Kier molecular flexibility index (Phi) is 4.31. The lowest BCUT2D eigenvalue weighted by molar-refractivity contribution is -0.385. The summed E-state index contributed by atoms with van der Waals surface area (Å²) in [6.45, 7) is 2.60. The number of nitrogens with one attached hydrogen (secondary N) is 2. The van der Waals surface area contributed by atoms with Crippen LogP contribution in [0.5, 0.6) is 11.5 Å². The van der Waals surface area contributed by atoms with Gasteiger partial charge in [0.1, 0.15) is 0 Å². The Hall–Kier alpha value is -2.42. The van der Waals surface area contributed by atoms with Crippen LogP contribution in [0.1, 0.15) is 12.5 Å². The highest BCUT2D eigenvalue weighted by Crippen LogP contribution is 2.37. The number of nitro groups is 1. The Morgan fingerprint density at radius 2 is 2.25 bits per heavy atom. The number of hydrogen-bond acceptors (Lipinski definition) is 6. The Labute approximate surface area is 119 Å². The van der Waals surface area contributed by atoms with E-state index >= 15 is 0 Å². The van der Waals surface area contributed by atoms with Crippen LogP contribution in [0.15, 0.2) is 17.2 Å². The van der Waals surface area contributed by atoms with Crippen LogP contribution in [0.3, 0.4) is 0 Å². The highest BCUT2D eigenvalue weighted by Gasteiger charge is 2.22. The van der Waals surface area contributed by atoms with Crippen molar-refractivity contribution in [3.63, 3.8) is 0 Å². The summed E-state index contributed by atoms with van der Waals surface area (Å²) in [6.07, 6.45) is 1.31. The zero-order valence-electron chi connectivity index (χ0n) is 10.6. The smallest absolute Gasteiger partial charge is 0.282 e. The van der Waals surface area contributed by atoms with E-state index in [0.29, 0.717) is 28.7 Å². The van der Waals surface area contributed by atoms with Crippen molar-refractivity contribution in [3.05, 3.63) is 27.8 Å². The fraction of sp³-hybridized carbons (Fsp3) is 0.273. The molecule has 0 amide bonds. The number of rotatable bonds is 4. The molecule has 1 aromatic carbocycles. The number of thiocarbonyl (C=S) groups is 1. The van der Waals surface area contributed by atoms with Crippen LogP contribution < -0.4 is 20.2 Å². The number of benzene rings is 1. The molecule has 9 heteroatoms. The van der Waals surface area contributed by atoms with Crippen LogP contribution in [0, 0.1) is 10.1 Å². The predicted octanol–water partition coefficient (Wildman–Crippen LogP) is 1.14. The second-order valence-corrected chi connectivity index (χ2v) is 4.16. The maximum absolute atomic E-state index is 11.0. The molecular formula is C11H12N4O4S. The summed E-state index contributed by atoms with van der Waals surface area (Å²) in [6, 6.07) is 2.81. The third-order valence-electron chi connectivity index (χ3n) is 2.43. The van der Waals surface area contributed by atoms with Crippen LogP contribution in [-0.2, 0) is 0 Å². The summed E-state index contributed by atoms with van der Waals surface area (Å²) in [4.78, 5) is 10.5. The molecule has 0 spiro atoms. The average molecular weight is 296 g/mol. The maximum atomic E-state index is 11.0. The first-order chi connectivity index (χ1) is 9.61. The Bertz CT molecular complexity index is 576. The molecule has 106 valence electrons. The standard InChI is InChI=1S/C11H12N4O4S/c1-2-12-11(20)14-13-5-7-3-9-10(19-6-18-9)4-8(7)15(16)17/h3-5H,2,6H2,1H3,(H2,12,14,20)/b13-5+. The zero-order valence-corrected chi connectivity index (χ0v) is 11.4. The number of hydrazone groups is 1. The summed E-state index contributed by atoms with van der Waals surface area (Å²) in [7, 11) is 0. The van der Waals surface area contributed by atoms with Crippen molar-refractivity contribution in [2.45, 2.75) is 6.92 Å². The van der Waals surface area contributed by atoms with Gasteiger partial charge in [-0.3, -0.25) is 15.5 Å². The van der Waals surface area contributed by atoms with E-state index in [1.54, 1.807) is 0 Å².